The third-order valence-electron chi connectivity index (χ3n) is 3.90. The number of amides is 2. The molecular weight excluding hydrogens is 312 g/mol. The highest BCUT2D eigenvalue weighted by Gasteiger charge is 2.35. The van der Waals surface area contributed by atoms with Crippen molar-refractivity contribution < 1.29 is 9.59 Å². The number of para-hydroxylation sites is 1. The van der Waals surface area contributed by atoms with Crippen molar-refractivity contribution in [2.75, 3.05) is 16.8 Å². The van der Waals surface area contributed by atoms with Crippen molar-refractivity contribution in [1.82, 2.24) is 10.2 Å². The molecular formula is C16H18N4O2S. The lowest BCUT2D eigenvalue weighted by atomic mass is 10.1. The quantitative estimate of drug-likeness (QED) is 0.934. The maximum atomic E-state index is 12.4. The van der Waals surface area contributed by atoms with Crippen molar-refractivity contribution in [1.29, 1.82) is 0 Å². The van der Waals surface area contributed by atoms with Gasteiger partial charge in [-0.2, -0.15) is 0 Å². The predicted molar refractivity (Wildman–Crippen MR) is 89.6 cm³/mol. The van der Waals surface area contributed by atoms with E-state index in [1.807, 2.05) is 38.1 Å². The molecule has 6 nitrogen and oxygen atoms in total. The number of hydrogen-bond acceptors (Lipinski definition) is 5. The minimum atomic E-state index is -0.365. The summed E-state index contributed by atoms with van der Waals surface area (Å²) in [7, 11) is 0. The fourth-order valence-corrected chi connectivity index (χ4v) is 3.32. The van der Waals surface area contributed by atoms with Crippen LogP contribution in [0.15, 0.2) is 24.3 Å². The fraction of sp³-hybridized carbons (Fsp3) is 0.375. The Kier molecular flexibility index (Phi) is 4.38. The molecule has 2 aromatic rings. The Balaban J connectivity index is 1.69. The van der Waals surface area contributed by atoms with Crippen LogP contribution in [0.5, 0.6) is 0 Å². The van der Waals surface area contributed by atoms with E-state index >= 15 is 0 Å². The Bertz CT molecular complexity index is 743. The summed E-state index contributed by atoms with van der Waals surface area (Å²) >= 11 is 1.37. The lowest BCUT2D eigenvalue weighted by Gasteiger charge is -2.18. The molecule has 1 aromatic carbocycles. The molecule has 0 aliphatic carbocycles. The van der Waals surface area contributed by atoms with E-state index in [1.165, 1.54) is 11.3 Å². The van der Waals surface area contributed by atoms with Crippen LogP contribution in [0, 0.1) is 12.8 Å². The summed E-state index contributed by atoms with van der Waals surface area (Å²) in [5, 5.41) is 12.1. The summed E-state index contributed by atoms with van der Waals surface area (Å²) in [4.78, 5) is 26.3. The molecule has 1 saturated heterocycles. The number of aromatic nitrogens is 2. The summed E-state index contributed by atoms with van der Waals surface area (Å²) in [6, 6.07) is 7.70. The molecule has 2 amide bonds. The monoisotopic (exact) mass is 330 g/mol. The molecule has 0 spiro atoms. The topological polar surface area (TPSA) is 75.2 Å². The molecule has 1 fully saturated rings. The van der Waals surface area contributed by atoms with Gasteiger partial charge in [-0.1, -0.05) is 36.5 Å². The van der Waals surface area contributed by atoms with Gasteiger partial charge < -0.3 is 10.2 Å². The number of anilines is 2. The first kappa shape index (κ1) is 15.6. The second kappa shape index (κ2) is 6.45. The van der Waals surface area contributed by atoms with Gasteiger partial charge in [0.15, 0.2) is 0 Å². The van der Waals surface area contributed by atoms with Crippen LogP contribution < -0.4 is 10.2 Å². The molecule has 0 bridgehead atoms. The second-order valence-electron chi connectivity index (χ2n) is 5.54. The highest BCUT2D eigenvalue weighted by Crippen LogP contribution is 2.28. The Morgan fingerprint density at radius 2 is 2.17 bits per heavy atom. The summed E-state index contributed by atoms with van der Waals surface area (Å²) in [6.45, 7) is 4.35. The van der Waals surface area contributed by atoms with Gasteiger partial charge in [-0.15, -0.1) is 10.2 Å². The van der Waals surface area contributed by atoms with E-state index in [4.69, 9.17) is 0 Å². The Morgan fingerprint density at radius 1 is 1.39 bits per heavy atom. The zero-order valence-electron chi connectivity index (χ0n) is 13.1. The Morgan fingerprint density at radius 3 is 2.87 bits per heavy atom. The zero-order chi connectivity index (χ0) is 16.4. The number of nitrogens with zero attached hydrogens (tertiary/aromatic N) is 3. The summed E-state index contributed by atoms with van der Waals surface area (Å²) in [5.41, 5.74) is 1.90. The largest absolute Gasteiger partial charge is 0.311 e. The highest BCUT2D eigenvalue weighted by molar-refractivity contribution is 7.15. The van der Waals surface area contributed by atoms with Gasteiger partial charge in [-0.25, -0.2) is 0 Å². The van der Waals surface area contributed by atoms with Crippen LogP contribution in [0.4, 0.5) is 10.8 Å². The summed E-state index contributed by atoms with van der Waals surface area (Å²) in [6.07, 6.45) is 1.01. The van der Waals surface area contributed by atoms with Crippen molar-refractivity contribution >= 4 is 34.0 Å². The van der Waals surface area contributed by atoms with Gasteiger partial charge >= 0.3 is 0 Å². The molecule has 0 saturated carbocycles. The number of aryl methyl sites for hydroxylation is 2. The van der Waals surface area contributed by atoms with Crippen LogP contribution in [0.25, 0.3) is 0 Å². The molecule has 3 rings (SSSR count). The summed E-state index contributed by atoms with van der Waals surface area (Å²) < 4.78 is 0. The van der Waals surface area contributed by atoms with Crippen LogP contribution in [-0.4, -0.2) is 28.6 Å². The Labute approximate surface area is 138 Å². The average molecular weight is 330 g/mol. The average Bonchev–Trinajstić information content (AvgIpc) is 3.14. The lowest BCUT2D eigenvalue weighted by molar-refractivity contribution is -0.122. The smallest absolute Gasteiger partial charge is 0.231 e. The molecule has 0 radical (unpaired) electrons. The number of benzene rings is 1. The predicted octanol–water partition coefficient (Wildman–Crippen LogP) is 2.40. The van der Waals surface area contributed by atoms with Crippen LogP contribution in [-0.2, 0) is 16.0 Å². The van der Waals surface area contributed by atoms with Crippen molar-refractivity contribution in [3.05, 3.63) is 34.8 Å². The van der Waals surface area contributed by atoms with E-state index in [1.54, 1.807) is 4.90 Å². The van der Waals surface area contributed by atoms with E-state index in [-0.39, 0.29) is 24.2 Å². The minimum absolute atomic E-state index is 0.0223. The SMILES string of the molecule is CCc1nnc(NC(=O)[C@@H]2CC(=O)N(c3ccccc3C)C2)s1. The van der Waals surface area contributed by atoms with Gasteiger partial charge in [0.25, 0.3) is 0 Å². The number of rotatable bonds is 4. The van der Waals surface area contributed by atoms with E-state index in [0.29, 0.717) is 11.7 Å². The van der Waals surface area contributed by atoms with E-state index in [0.717, 1.165) is 22.7 Å². The minimum Gasteiger partial charge on any atom is -0.311 e. The van der Waals surface area contributed by atoms with Crippen molar-refractivity contribution in [3.63, 3.8) is 0 Å². The number of carbonyl (C=O) groups excluding carboxylic acids is 2. The Hall–Kier alpha value is -2.28. The first-order valence-corrected chi connectivity index (χ1v) is 8.39. The molecule has 23 heavy (non-hydrogen) atoms. The molecule has 7 heteroatoms. The fourth-order valence-electron chi connectivity index (χ4n) is 2.64. The van der Waals surface area contributed by atoms with Gasteiger partial charge in [-0.05, 0) is 25.0 Å². The van der Waals surface area contributed by atoms with Gasteiger partial charge in [0.1, 0.15) is 5.01 Å². The standard InChI is InChI=1S/C16H18N4O2S/c1-3-13-18-19-16(23-13)17-15(22)11-8-14(21)20(9-11)12-7-5-4-6-10(12)2/h4-7,11H,3,8-9H2,1-2H3,(H,17,19,22)/t11-/m1/s1. The molecule has 1 aromatic heterocycles. The first-order chi connectivity index (χ1) is 11.1. The van der Waals surface area contributed by atoms with Crippen molar-refractivity contribution in [3.8, 4) is 0 Å². The van der Waals surface area contributed by atoms with E-state index in [2.05, 4.69) is 15.5 Å². The molecule has 1 aliphatic heterocycles. The van der Waals surface area contributed by atoms with Gasteiger partial charge in [0.05, 0.1) is 5.92 Å². The van der Waals surface area contributed by atoms with Crippen molar-refractivity contribution in [2.45, 2.75) is 26.7 Å². The maximum absolute atomic E-state index is 12.4. The van der Waals surface area contributed by atoms with Crippen LogP contribution in [0.3, 0.4) is 0 Å². The lowest BCUT2D eigenvalue weighted by Crippen LogP contribution is -2.28. The van der Waals surface area contributed by atoms with Crippen LogP contribution >= 0.6 is 11.3 Å². The number of carbonyl (C=O) groups is 2. The third-order valence-corrected chi connectivity index (χ3v) is 4.88. The number of hydrogen-bond donors (Lipinski definition) is 1. The van der Waals surface area contributed by atoms with Gasteiger partial charge in [0, 0.05) is 18.7 Å². The maximum Gasteiger partial charge on any atom is 0.231 e. The van der Waals surface area contributed by atoms with Crippen LogP contribution in [0.2, 0.25) is 0 Å². The molecule has 0 unspecified atom stereocenters. The molecule has 1 atom stereocenters. The van der Waals surface area contributed by atoms with E-state index in [9.17, 15) is 9.59 Å². The van der Waals surface area contributed by atoms with Gasteiger partial charge in [-0.3, -0.25) is 9.59 Å². The number of nitrogens with one attached hydrogen (secondary N) is 1. The first-order valence-electron chi connectivity index (χ1n) is 7.57. The van der Waals surface area contributed by atoms with Gasteiger partial charge in [0.2, 0.25) is 16.9 Å². The molecule has 2 heterocycles. The normalized spacial score (nSPS) is 17.6. The highest BCUT2D eigenvalue weighted by atomic mass is 32.1. The molecule has 1 N–H and O–H groups in total. The summed E-state index contributed by atoms with van der Waals surface area (Å²) in [5.74, 6) is -0.560. The third kappa shape index (κ3) is 3.24. The second-order valence-corrected chi connectivity index (χ2v) is 6.60. The zero-order valence-corrected chi connectivity index (χ0v) is 13.9. The molecule has 120 valence electrons. The van der Waals surface area contributed by atoms with Crippen molar-refractivity contribution in [2.24, 2.45) is 5.92 Å². The van der Waals surface area contributed by atoms with E-state index < -0.39 is 0 Å². The van der Waals surface area contributed by atoms with Crippen LogP contribution in [0.1, 0.15) is 23.9 Å². The molecule has 1 aliphatic rings.